The summed E-state index contributed by atoms with van der Waals surface area (Å²) < 4.78 is 12.1. The fourth-order valence-electron chi connectivity index (χ4n) is 2.36. The van der Waals surface area contributed by atoms with Crippen molar-refractivity contribution in [3.05, 3.63) is 91.8 Å². The monoisotopic (exact) mass is 564 g/mol. The fraction of sp³-hybridized carbons (Fsp3) is 0.0455. The maximum Gasteiger partial charge on any atom is 0.344 e. The SMILES string of the molecule is O=C(COc1ccc(Cl)cc1Br)N/N=C\c1ccc(OC(=O)c2ccccc2Br)cc1. The van der Waals surface area contributed by atoms with Crippen molar-refractivity contribution < 1.29 is 19.1 Å². The molecule has 1 amide bonds. The highest BCUT2D eigenvalue weighted by Crippen LogP contribution is 2.27. The van der Waals surface area contributed by atoms with Crippen molar-refractivity contribution in [2.75, 3.05) is 6.61 Å². The number of nitrogens with one attached hydrogen (secondary N) is 1. The highest BCUT2D eigenvalue weighted by atomic mass is 79.9. The summed E-state index contributed by atoms with van der Waals surface area (Å²) in [4.78, 5) is 24.1. The lowest BCUT2D eigenvalue weighted by Gasteiger charge is -2.07. The summed E-state index contributed by atoms with van der Waals surface area (Å²) in [7, 11) is 0. The number of rotatable bonds is 7. The van der Waals surface area contributed by atoms with Crippen LogP contribution in [0.2, 0.25) is 5.02 Å². The average molecular weight is 567 g/mol. The number of carbonyl (C=O) groups excluding carboxylic acids is 2. The van der Waals surface area contributed by atoms with Crippen LogP contribution in [-0.4, -0.2) is 24.7 Å². The standard InChI is InChI=1S/C22H15Br2ClN2O4/c23-18-4-2-1-3-17(18)22(29)31-16-8-5-14(6-9-16)12-26-27-21(28)13-30-20-10-7-15(25)11-19(20)24/h1-12H,13H2,(H,27,28)/b26-12-. The van der Waals surface area contributed by atoms with Gasteiger partial charge in [0.15, 0.2) is 6.61 Å². The predicted octanol–water partition coefficient (Wildman–Crippen LogP) is 5.61. The van der Waals surface area contributed by atoms with Crippen molar-refractivity contribution in [2.24, 2.45) is 5.10 Å². The summed E-state index contributed by atoms with van der Waals surface area (Å²) in [6.07, 6.45) is 1.47. The van der Waals surface area contributed by atoms with Crippen molar-refractivity contribution in [2.45, 2.75) is 0 Å². The molecule has 31 heavy (non-hydrogen) atoms. The first-order valence-corrected chi connectivity index (χ1v) is 10.9. The Morgan fingerprint density at radius 3 is 2.45 bits per heavy atom. The number of hydrogen-bond acceptors (Lipinski definition) is 5. The molecule has 0 saturated carbocycles. The lowest BCUT2D eigenvalue weighted by Crippen LogP contribution is -2.24. The topological polar surface area (TPSA) is 77.0 Å². The molecule has 0 bridgehead atoms. The second-order valence-electron chi connectivity index (χ2n) is 6.09. The van der Waals surface area contributed by atoms with Gasteiger partial charge in [-0.15, -0.1) is 0 Å². The quantitative estimate of drug-likeness (QED) is 0.175. The molecule has 3 aromatic carbocycles. The summed E-state index contributed by atoms with van der Waals surface area (Å²) in [6.45, 7) is -0.207. The third-order valence-corrected chi connectivity index (χ3v) is 5.39. The van der Waals surface area contributed by atoms with E-state index < -0.39 is 11.9 Å². The molecule has 0 aromatic heterocycles. The van der Waals surface area contributed by atoms with Crippen LogP contribution < -0.4 is 14.9 Å². The van der Waals surface area contributed by atoms with Gasteiger partial charge in [0, 0.05) is 9.50 Å². The van der Waals surface area contributed by atoms with Crippen LogP contribution in [0.5, 0.6) is 11.5 Å². The average Bonchev–Trinajstić information content (AvgIpc) is 2.74. The van der Waals surface area contributed by atoms with Crippen LogP contribution >= 0.6 is 43.5 Å². The largest absolute Gasteiger partial charge is 0.483 e. The number of ether oxygens (including phenoxy) is 2. The van der Waals surface area contributed by atoms with E-state index in [-0.39, 0.29) is 6.61 Å². The molecule has 3 rings (SSSR count). The van der Waals surface area contributed by atoms with E-state index in [1.54, 1.807) is 60.7 Å². The molecule has 0 saturated heterocycles. The van der Waals surface area contributed by atoms with Gasteiger partial charge in [-0.05, 0) is 92.0 Å². The zero-order valence-electron chi connectivity index (χ0n) is 15.8. The van der Waals surface area contributed by atoms with Crippen LogP contribution in [0.4, 0.5) is 0 Å². The van der Waals surface area contributed by atoms with Crippen LogP contribution in [-0.2, 0) is 4.79 Å². The minimum Gasteiger partial charge on any atom is -0.483 e. The molecular weight excluding hydrogens is 552 g/mol. The highest BCUT2D eigenvalue weighted by Gasteiger charge is 2.11. The Morgan fingerprint density at radius 2 is 1.74 bits per heavy atom. The Labute approximate surface area is 200 Å². The summed E-state index contributed by atoms with van der Waals surface area (Å²) in [5, 5.41) is 4.45. The Balaban J connectivity index is 1.48. The number of hydrogen-bond donors (Lipinski definition) is 1. The zero-order valence-corrected chi connectivity index (χ0v) is 19.8. The number of esters is 1. The molecule has 1 N–H and O–H groups in total. The second kappa shape index (κ2) is 11.1. The Hall–Kier alpha value is -2.68. The molecule has 9 heteroatoms. The lowest BCUT2D eigenvalue weighted by molar-refractivity contribution is -0.123. The Kier molecular flexibility index (Phi) is 8.22. The maximum absolute atomic E-state index is 12.2. The van der Waals surface area contributed by atoms with Crippen molar-refractivity contribution in [1.82, 2.24) is 5.43 Å². The van der Waals surface area contributed by atoms with E-state index in [2.05, 4.69) is 42.4 Å². The molecule has 6 nitrogen and oxygen atoms in total. The minimum atomic E-state index is -0.464. The van der Waals surface area contributed by atoms with Gasteiger partial charge in [-0.25, -0.2) is 10.2 Å². The van der Waals surface area contributed by atoms with Gasteiger partial charge in [-0.2, -0.15) is 5.10 Å². The van der Waals surface area contributed by atoms with E-state index in [0.717, 1.165) is 0 Å². The summed E-state index contributed by atoms with van der Waals surface area (Å²) in [5.41, 5.74) is 3.52. The van der Waals surface area contributed by atoms with Crippen LogP contribution in [0, 0.1) is 0 Å². The molecule has 0 fully saturated rings. The van der Waals surface area contributed by atoms with Crippen LogP contribution in [0.1, 0.15) is 15.9 Å². The molecular formula is C22H15Br2ClN2O4. The molecule has 0 spiro atoms. The predicted molar refractivity (Wildman–Crippen MR) is 126 cm³/mol. The van der Waals surface area contributed by atoms with Crippen LogP contribution in [0.3, 0.4) is 0 Å². The lowest BCUT2D eigenvalue weighted by atomic mass is 10.2. The van der Waals surface area contributed by atoms with Gasteiger partial charge in [0.1, 0.15) is 11.5 Å². The summed E-state index contributed by atoms with van der Waals surface area (Å²) in [6, 6.07) is 18.7. The van der Waals surface area contributed by atoms with Crippen LogP contribution in [0.25, 0.3) is 0 Å². The first kappa shape index (κ1) is 23.0. The van der Waals surface area contributed by atoms with Gasteiger partial charge in [-0.3, -0.25) is 4.79 Å². The molecule has 0 aliphatic heterocycles. The van der Waals surface area contributed by atoms with Gasteiger partial charge in [-0.1, -0.05) is 23.7 Å². The van der Waals surface area contributed by atoms with Crippen molar-refractivity contribution in [3.63, 3.8) is 0 Å². The van der Waals surface area contributed by atoms with Gasteiger partial charge in [0.2, 0.25) is 0 Å². The van der Waals surface area contributed by atoms with Gasteiger partial charge in [0.25, 0.3) is 5.91 Å². The van der Waals surface area contributed by atoms with E-state index in [9.17, 15) is 9.59 Å². The van der Waals surface area contributed by atoms with E-state index in [1.165, 1.54) is 6.21 Å². The molecule has 0 atom stereocenters. The number of carbonyl (C=O) groups is 2. The van der Waals surface area contributed by atoms with Gasteiger partial charge in [0.05, 0.1) is 16.3 Å². The molecule has 0 unspecified atom stereocenters. The second-order valence-corrected chi connectivity index (χ2v) is 8.24. The number of amides is 1. The van der Waals surface area contributed by atoms with E-state index in [4.69, 9.17) is 21.1 Å². The first-order chi connectivity index (χ1) is 14.9. The highest BCUT2D eigenvalue weighted by molar-refractivity contribution is 9.10. The maximum atomic E-state index is 12.2. The molecule has 3 aromatic rings. The zero-order chi connectivity index (χ0) is 22.2. The first-order valence-electron chi connectivity index (χ1n) is 8.89. The van der Waals surface area contributed by atoms with E-state index in [0.29, 0.717) is 36.6 Å². The van der Waals surface area contributed by atoms with Crippen molar-refractivity contribution in [1.29, 1.82) is 0 Å². The number of hydrazone groups is 1. The third-order valence-electron chi connectivity index (χ3n) is 3.84. The number of nitrogens with zero attached hydrogens (tertiary/aromatic N) is 1. The Bertz CT molecular complexity index is 1120. The number of benzene rings is 3. The summed E-state index contributed by atoms with van der Waals surface area (Å²) >= 11 is 12.5. The van der Waals surface area contributed by atoms with Crippen LogP contribution in [0.15, 0.2) is 80.8 Å². The van der Waals surface area contributed by atoms with E-state index in [1.807, 2.05) is 6.07 Å². The van der Waals surface area contributed by atoms with Crippen molar-refractivity contribution in [3.8, 4) is 11.5 Å². The van der Waals surface area contributed by atoms with Crippen molar-refractivity contribution >= 4 is 61.6 Å². The van der Waals surface area contributed by atoms with E-state index >= 15 is 0 Å². The summed E-state index contributed by atoms with van der Waals surface area (Å²) in [5.74, 6) is 0.00523. The minimum absolute atomic E-state index is 0.207. The fourth-order valence-corrected chi connectivity index (χ4v) is 3.60. The molecule has 0 aliphatic rings. The molecule has 0 radical (unpaired) electrons. The Morgan fingerprint density at radius 1 is 1.00 bits per heavy atom. The molecule has 0 heterocycles. The van der Waals surface area contributed by atoms with Gasteiger partial charge >= 0.3 is 5.97 Å². The molecule has 0 aliphatic carbocycles. The smallest absolute Gasteiger partial charge is 0.344 e. The van der Waals surface area contributed by atoms with Gasteiger partial charge < -0.3 is 9.47 Å². The third kappa shape index (κ3) is 6.92. The number of halogens is 3. The normalized spacial score (nSPS) is 10.7. The molecule has 158 valence electrons.